The Hall–Kier alpha value is -0.790. The Morgan fingerprint density at radius 2 is 2.08 bits per heavy atom. The summed E-state index contributed by atoms with van der Waals surface area (Å²) in [6, 6.07) is 0. The van der Waals surface area contributed by atoms with Gasteiger partial charge in [0.1, 0.15) is 0 Å². The van der Waals surface area contributed by atoms with Gasteiger partial charge in [0.05, 0.1) is 6.10 Å². The predicted octanol–water partition coefficient (Wildman–Crippen LogP) is 3.07. The Labute approximate surface area is 81.0 Å². The van der Waals surface area contributed by atoms with Gasteiger partial charge in [-0.1, -0.05) is 18.6 Å². The molecule has 2 heteroatoms. The van der Waals surface area contributed by atoms with E-state index in [9.17, 15) is 4.79 Å². The van der Waals surface area contributed by atoms with Crippen LogP contribution in [-0.4, -0.2) is 12.1 Å². The number of ether oxygens (including phenoxy) is 1. The average Bonchev–Trinajstić information content (AvgIpc) is 2.03. The zero-order valence-corrected chi connectivity index (χ0v) is 9.09. The van der Waals surface area contributed by atoms with Crippen LogP contribution in [0.2, 0.25) is 0 Å². The highest BCUT2D eigenvalue weighted by molar-refractivity contribution is 5.69. The molecule has 0 aliphatic carbocycles. The molecule has 0 aliphatic rings. The van der Waals surface area contributed by atoms with Gasteiger partial charge in [0.2, 0.25) is 0 Å². The van der Waals surface area contributed by atoms with Crippen LogP contribution in [0, 0.1) is 0 Å². The molecule has 1 unspecified atom stereocenters. The molecular formula is C11H20O2. The molecule has 76 valence electrons. The van der Waals surface area contributed by atoms with Crippen molar-refractivity contribution in [1.82, 2.24) is 0 Å². The van der Waals surface area contributed by atoms with Crippen molar-refractivity contribution >= 4 is 5.97 Å². The molecule has 0 amide bonds. The van der Waals surface area contributed by atoms with Crippen LogP contribution in [0.4, 0.5) is 0 Å². The van der Waals surface area contributed by atoms with Crippen LogP contribution < -0.4 is 0 Å². The second-order valence-electron chi connectivity index (χ2n) is 3.53. The zero-order chi connectivity index (χ0) is 10.3. The topological polar surface area (TPSA) is 26.3 Å². The van der Waals surface area contributed by atoms with E-state index in [4.69, 9.17) is 4.74 Å². The molecule has 0 aliphatic heterocycles. The van der Waals surface area contributed by atoms with Gasteiger partial charge in [-0.15, -0.1) is 0 Å². The normalized spacial score (nSPS) is 12.0. The first-order valence-electron chi connectivity index (χ1n) is 4.89. The highest BCUT2D eigenvalue weighted by Crippen LogP contribution is 2.02. The van der Waals surface area contributed by atoms with Crippen molar-refractivity contribution in [2.24, 2.45) is 0 Å². The number of rotatable bonds is 5. The van der Waals surface area contributed by atoms with Gasteiger partial charge in [-0.25, -0.2) is 0 Å². The van der Waals surface area contributed by atoms with Crippen molar-refractivity contribution in [3.63, 3.8) is 0 Å². The van der Waals surface area contributed by atoms with Crippen molar-refractivity contribution in [3.05, 3.63) is 11.6 Å². The van der Waals surface area contributed by atoms with Gasteiger partial charge >= 0.3 is 5.97 Å². The number of esters is 1. The van der Waals surface area contributed by atoms with E-state index in [0.717, 1.165) is 12.8 Å². The standard InChI is InChI=1S/C11H20O2/c1-5-10(4)13-11(12)8-6-7-9(2)3/h7,10H,5-6,8H2,1-4H3. The highest BCUT2D eigenvalue weighted by Gasteiger charge is 2.05. The van der Waals surface area contributed by atoms with Gasteiger partial charge in [-0.3, -0.25) is 4.79 Å². The molecule has 0 aromatic heterocycles. The first-order chi connectivity index (χ1) is 6.06. The van der Waals surface area contributed by atoms with E-state index in [2.05, 4.69) is 6.08 Å². The third-order valence-electron chi connectivity index (χ3n) is 1.81. The average molecular weight is 184 g/mol. The van der Waals surface area contributed by atoms with E-state index in [1.54, 1.807) is 0 Å². The fraction of sp³-hybridized carbons (Fsp3) is 0.727. The SMILES string of the molecule is CCC(C)OC(=O)CCC=C(C)C. The molecule has 0 N–H and O–H groups in total. The lowest BCUT2D eigenvalue weighted by Crippen LogP contribution is -2.13. The summed E-state index contributed by atoms with van der Waals surface area (Å²) >= 11 is 0. The smallest absolute Gasteiger partial charge is 0.306 e. The van der Waals surface area contributed by atoms with Gasteiger partial charge in [0.15, 0.2) is 0 Å². The van der Waals surface area contributed by atoms with Crippen molar-refractivity contribution in [1.29, 1.82) is 0 Å². The van der Waals surface area contributed by atoms with Gasteiger partial charge in [-0.2, -0.15) is 0 Å². The minimum Gasteiger partial charge on any atom is -0.463 e. The van der Waals surface area contributed by atoms with Crippen LogP contribution in [0.25, 0.3) is 0 Å². The maximum Gasteiger partial charge on any atom is 0.306 e. The Morgan fingerprint density at radius 1 is 1.46 bits per heavy atom. The number of hydrogen-bond acceptors (Lipinski definition) is 2. The van der Waals surface area contributed by atoms with E-state index >= 15 is 0 Å². The minimum absolute atomic E-state index is 0.0548. The molecule has 0 heterocycles. The van der Waals surface area contributed by atoms with E-state index in [-0.39, 0.29) is 12.1 Å². The van der Waals surface area contributed by atoms with Crippen LogP contribution >= 0.6 is 0 Å². The summed E-state index contributed by atoms with van der Waals surface area (Å²) in [5, 5.41) is 0. The fourth-order valence-corrected chi connectivity index (χ4v) is 0.845. The molecular weight excluding hydrogens is 164 g/mol. The summed E-state index contributed by atoms with van der Waals surface area (Å²) in [6.45, 7) is 7.98. The number of hydrogen-bond donors (Lipinski definition) is 0. The van der Waals surface area contributed by atoms with Crippen LogP contribution in [0.15, 0.2) is 11.6 Å². The fourth-order valence-electron chi connectivity index (χ4n) is 0.845. The molecule has 0 radical (unpaired) electrons. The summed E-state index contributed by atoms with van der Waals surface area (Å²) in [5.74, 6) is -0.0909. The zero-order valence-electron chi connectivity index (χ0n) is 9.09. The first-order valence-corrected chi connectivity index (χ1v) is 4.89. The molecule has 0 rings (SSSR count). The summed E-state index contributed by atoms with van der Waals surface area (Å²) in [7, 11) is 0. The number of allylic oxidation sites excluding steroid dienone is 2. The molecule has 0 saturated heterocycles. The largest absolute Gasteiger partial charge is 0.463 e. The molecule has 0 aromatic rings. The molecule has 0 fully saturated rings. The second-order valence-corrected chi connectivity index (χ2v) is 3.53. The quantitative estimate of drug-likeness (QED) is 0.485. The Kier molecular flexibility index (Phi) is 6.29. The molecule has 0 saturated carbocycles. The van der Waals surface area contributed by atoms with Crippen LogP contribution in [0.3, 0.4) is 0 Å². The van der Waals surface area contributed by atoms with Crippen LogP contribution in [0.1, 0.15) is 47.0 Å². The lowest BCUT2D eigenvalue weighted by atomic mass is 10.2. The van der Waals surface area contributed by atoms with Crippen molar-refractivity contribution in [2.45, 2.75) is 53.1 Å². The predicted molar refractivity (Wildman–Crippen MR) is 54.5 cm³/mol. The minimum atomic E-state index is -0.0909. The summed E-state index contributed by atoms with van der Waals surface area (Å²) in [6.07, 6.45) is 4.28. The van der Waals surface area contributed by atoms with Gasteiger partial charge in [0.25, 0.3) is 0 Å². The molecule has 0 bridgehead atoms. The van der Waals surface area contributed by atoms with Crippen molar-refractivity contribution in [3.8, 4) is 0 Å². The van der Waals surface area contributed by atoms with Crippen LogP contribution in [0.5, 0.6) is 0 Å². The molecule has 1 atom stereocenters. The molecule has 13 heavy (non-hydrogen) atoms. The molecule has 0 aromatic carbocycles. The Bertz CT molecular complexity index is 179. The third kappa shape index (κ3) is 7.57. The lowest BCUT2D eigenvalue weighted by molar-refractivity contribution is -0.148. The summed E-state index contributed by atoms with van der Waals surface area (Å²) < 4.78 is 5.11. The van der Waals surface area contributed by atoms with Crippen molar-refractivity contribution in [2.75, 3.05) is 0 Å². The Balaban J connectivity index is 3.58. The monoisotopic (exact) mass is 184 g/mol. The second kappa shape index (κ2) is 6.70. The number of carbonyl (C=O) groups excluding carboxylic acids is 1. The van der Waals surface area contributed by atoms with E-state index in [1.807, 2.05) is 27.7 Å². The van der Waals surface area contributed by atoms with Crippen LogP contribution in [-0.2, 0) is 9.53 Å². The highest BCUT2D eigenvalue weighted by atomic mass is 16.5. The molecule has 2 nitrogen and oxygen atoms in total. The summed E-state index contributed by atoms with van der Waals surface area (Å²) in [5.41, 5.74) is 1.25. The summed E-state index contributed by atoms with van der Waals surface area (Å²) in [4.78, 5) is 11.1. The third-order valence-corrected chi connectivity index (χ3v) is 1.81. The van der Waals surface area contributed by atoms with Gasteiger partial charge in [-0.05, 0) is 33.6 Å². The van der Waals surface area contributed by atoms with E-state index in [1.165, 1.54) is 5.57 Å². The van der Waals surface area contributed by atoms with Gasteiger partial charge < -0.3 is 4.74 Å². The number of carbonyl (C=O) groups is 1. The maximum atomic E-state index is 11.1. The van der Waals surface area contributed by atoms with E-state index < -0.39 is 0 Å². The Morgan fingerprint density at radius 3 is 2.54 bits per heavy atom. The van der Waals surface area contributed by atoms with Crippen molar-refractivity contribution < 1.29 is 9.53 Å². The van der Waals surface area contributed by atoms with Gasteiger partial charge in [0, 0.05) is 6.42 Å². The maximum absolute atomic E-state index is 11.1. The first kappa shape index (κ1) is 12.2. The van der Waals surface area contributed by atoms with E-state index in [0.29, 0.717) is 6.42 Å². The molecule has 0 spiro atoms. The lowest BCUT2D eigenvalue weighted by Gasteiger charge is -2.09.